The van der Waals surface area contributed by atoms with Crippen molar-refractivity contribution in [3.8, 4) is 0 Å². The summed E-state index contributed by atoms with van der Waals surface area (Å²) in [6.45, 7) is 8.36. The molecule has 0 saturated heterocycles. The summed E-state index contributed by atoms with van der Waals surface area (Å²) in [5.41, 5.74) is 2.64. The van der Waals surface area contributed by atoms with Crippen LogP contribution in [0, 0.1) is 0 Å². The van der Waals surface area contributed by atoms with E-state index in [9.17, 15) is 13.2 Å². The Bertz CT molecular complexity index is 955. The minimum atomic E-state index is -4.64. The van der Waals surface area contributed by atoms with Gasteiger partial charge in [0, 0.05) is 13.1 Å². The number of fused-ring (bicyclic) bond motifs is 1. The molecule has 0 aliphatic carbocycles. The van der Waals surface area contributed by atoms with E-state index in [-0.39, 0.29) is 5.82 Å². The molecule has 6 nitrogen and oxygen atoms in total. The van der Waals surface area contributed by atoms with Gasteiger partial charge in [-0.1, -0.05) is 31.1 Å². The van der Waals surface area contributed by atoms with Crippen molar-refractivity contribution in [2.24, 2.45) is 0 Å². The van der Waals surface area contributed by atoms with Gasteiger partial charge in [-0.3, -0.25) is 0 Å². The van der Waals surface area contributed by atoms with E-state index in [1.54, 1.807) is 6.08 Å². The molecule has 0 aliphatic heterocycles. The fraction of sp³-hybridized carbons (Fsp3) is 0.450. The SMILES string of the molecule is CCCN(CCC)CCn1cnc2cc(/C=C/c3noc(C(F)(F)F)n3)ccc21. The highest BCUT2D eigenvalue weighted by Crippen LogP contribution is 2.27. The first-order valence-electron chi connectivity index (χ1n) is 9.67. The molecule has 0 saturated carbocycles. The molecule has 2 aromatic heterocycles. The molecule has 9 heteroatoms. The van der Waals surface area contributed by atoms with E-state index >= 15 is 0 Å². The monoisotopic (exact) mass is 407 g/mol. The molecule has 2 heterocycles. The van der Waals surface area contributed by atoms with Crippen LogP contribution in [0.25, 0.3) is 23.2 Å². The van der Waals surface area contributed by atoms with Crippen molar-refractivity contribution in [1.82, 2.24) is 24.6 Å². The summed E-state index contributed by atoms with van der Waals surface area (Å²) in [5.74, 6) is -1.48. The van der Waals surface area contributed by atoms with Crippen molar-refractivity contribution in [3.05, 3.63) is 41.8 Å². The van der Waals surface area contributed by atoms with Gasteiger partial charge in [0.1, 0.15) is 0 Å². The predicted molar refractivity (Wildman–Crippen MR) is 105 cm³/mol. The minimum Gasteiger partial charge on any atom is -0.329 e. The van der Waals surface area contributed by atoms with Crippen LogP contribution in [0.5, 0.6) is 0 Å². The van der Waals surface area contributed by atoms with Gasteiger partial charge < -0.3 is 14.0 Å². The van der Waals surface area contributed by atoms with Gasteiger partial charge in [-0.2, -0.15) is 18.2 Å². The van der Waals surface area contributed by atoms with Crippen molar-refractivity contribution in [2.45, 2.75) is 39.4 Å². The van der Waals surface area contributed by atoms with Crippen LogP contribution >= 0.6 is 0 Å². The Morgan fingerprint density at radius 2 is 1.86 bits per heavy atom. The molecule has 29 heavy (non-hydrogen) atoms. The first-order chi connectivity index (χ1) is 13.9. The number of imidazole rings is 1. The van der Waals surface area contributed by atoms with Crippen LogP contribution in [0.4, 0.5) is 13.2 Å². The zero-order valence-corrected chi connectivity index (χ0v) is 16.5. The summed E-state index contributed by atoms with van der Waals surface area (Å²) in [7, 11) is 0. The van der Waals surface area contributed by atoms with E-state index in [0.29, 0.717) is 0 Å². The van der Waals surface area contributed by atoms with Crippen LogP contribution < -0.4 is 0 Å². The third-order valence-electron chi connectivity index (χ3n) is 4.49. The molecule has 0 fully saturated rings. The highest BCUT2D eigenvalue weighted by molar-refractivity contribution is 5.80. The quantitative estimate of drug-likeness (QED) is 0.513. The maximum absolute atomic E-state index is 12.5. The predicted octanol–water partition coefficient (Wildman–Crippen LogP) is 4.73. The molecule has 0 radical (unpaired) electrons. The number of benzene rings is 1. The van der Waals surface area contributed by atoms with Crippen LogP contribution in [0.1, 0.15) is 44.0 Å². The van der Waals surface area contributed by atoms with E-state index < -0.39 is 12.1 Å². The van der Waals surface area contributed by atoms with Crippen LogP contribution in [-0.4, -0.2) is 44.2 Å². The second-order valence-electron chi connectivity index (χ2n) is 6.82. The second kappa shape index (κ2) is 9.21. The Balaban J connectivity index is 1.69. The lowest BCUT2D eigenvalue weighted by molar-refractivity contribution is -0.159. The van der Waals surface area contributed by atoms with E-state index in [4.69, 9.17) is 0 Å². The molecule has 3 aromatic rings. The topological polar surface area (TPSA) is 60.0 Å². The third-order valence-corrected chi connectivity index (χ3v) is 4.49. The lowest BCUT2D eigenvalue weighted by atomic mass is 10.2. The Morgan fingerprint density at radius 3 is 2.52 bits per heavy atom. The summed E-state index contributed by atoms with van der Waals surface area (Å²) >= 11 is 0. The van der Waals surface area contributed by atoms with Crippen molar-refractivity contribution in [1.29, 1.82) is 0 Å². The summed E-state index contributed by atoms with van der Waals surface area (Å²) in [6, 6.07) is 5.73. The van der Waals surface area contributed by atoms with Crippen LogP contribution in [0.2, 0.25) is 0 Å². The van der Waals surface area contributed by atoms with E-state index in [1.165, 1.54) is 6.08 Å². The standard InChI is InChI=1S/C20H24F3N5O/c1-3-9-27(10-4-2)11-12-28-14-24-16-13-15(5-7-17(16)28)6-8-18-25-19(29-26-18)20(21,22)23/h5-8,13-14H,3-4,9-12H2,1-2H3/b8-6+. The van der Waals surface area contributed by atoms with E-state index in [0.717, 1.165) is 55.6 Å². The van der Waals surface area contributed by atoms with Gasteiger partial charge in [0.25, 0.3) is 0 Å². The second-order valence-corrected chi connectivity index (χ2v) is 6.82. The van der Waals surface area contributed by atoms with Crippen molar-refractivity contribution < 1.29 is 17.7 Å². The van der Waals surface area contributed by atoms with Gasteiger partial charge in [0.2, 0.25) is 0 Å². The minimum absolute atomic E-state index is 0.130. The Hall–Kier alpha value is -2.68. The van der Waals surface area contributed by atoms with Crippen LogP contribution in [-0.2, 0) is 12.7 Å². The molecule has 0 amide bonds. The van der Waals surface area contributed by atoms with E-state index in [2.05, 4.69) is 43.0 Å². The lowest BCUT2D eigenvalue weighted by Crippen LogP contribution is -2.29. The number of halogens is 3. The number of nitrogens with zero attached hydrogens (tertiary/aromatic N) is 5. The molecule has 0 unspecified atom stereocenters. The molecular weight excluding hydrogens is 383 g/mol. The summed E-state index contributed by atoms with van der Waals surface area (Å²) < 4.78 is 43.9. The maximum atomic E-state index is 12.5. The van der Waals surface area contributed by atoms with Gasteiger partial charge in [-0.25, -0.2) is 4.98 Å². The fourth-order valence-electron chi connectivity index (χ4n) is 3.17. The first kappa shape index (κ1) is 21.0. The maximum Gasteiger partial charge on any atom is 0.471 e. The number of hydrogen-bond acceptors (Lipinski definition) is 5. The molecule has 0 bridgehead atoms. The molecule has 156 valence electrons. The van der Waals surface area contributed by atoms with Gasteiger partial charge in [-0.05, 0) is 49.7 Å². The summed E-state index contributed by atoms with van der Waals surface area (Å²) in [6.07, 6.45) is 2.45. The number of aromatic nitrogens is 4. The molecule has 0 N–H and O–H groups in total. The first-order valence-corrected chi connectivity index (χ1v) is 9.67. The number of alkyl halides is 3. The summed E-state index contributed by atoms with van der Waals surface area (Å²) in [5, 5.41) is 3.32. The Kier molecular flexibility index (Phi) is 6.68. The molecule has 1 aromatic carbocycles. The molecule has 0 atom stereocenters. The number of hydrogen-bond donors (Lipinski definition) is 0. The smallest absolute Gasteiger partial charge is 0.329 e. The zero-order valence-electron chi connectivity index (χ0n) is 16.5. The van der Waals surface area contributed by atoms with Crippen LogP contribution in [0.3, 0.4) is 0 Å². The number of rotatable bonds is 9. The molecule has 0 aliphatic rings. The normalized spacial score (nSPS) is 12.6. The van der Waals surface area contributed by atoms with Gasteiger partial charge >= 0.3 is 12.1 Å². The summed E-state index contributed by atoms with van der Waals surface area (Å²) in [4.78, 5) is 10.2. The van der Waals surface area contributed by atoms with Crippen LogP contribution in [0.15, 0.2) is 29.0 Å². The van der Waals surface area contributed by atoms with Crippen molar-refractivity contribution in [2.75, 3.05) is 19.6 Å². The average molecular weight is 407 g/mol. The van der Waals surface area contributed by atoms with Gasteiger partial charge in [0.15, 0.2) is 5.82 Å². The fourth-order valence-corrected chi connectivity index (χ4v) is 3.17. The molecule has 0 spiro atoms. The Morgan fingerprint density at radius 1 is 1.10 bits per heavy atom. The Labute approximate surface area is 167 Å². The van der Waals surface area contributed by atoms with Gasteiger partial charge in [0.05, 0.1) is 17.4 Å². The van der Waals surface area contributed by atoms with Crippen molar-refractivity contribution >= 4 is 23.2 Å². The lowest BCUT2D eigenvalue weighted by Gasteiger charge is -2.21. The van der Waals surface area contributed by atoms with E-state index in [1.807, 2.05) is 24.5 Å². The molecule has 3 rings (SSSR count). The highest BCUT2D eigenvalue weighted by Gasteiger charge is 2.38. The largest absolute Gasteiger partial charge is 0.471 e. The average Bonchev–Trinajstić information content (AvgIpc) is 3.31. The highest BCUT2D eigenvalue weighted by atomic mass is 19.4. The zero-order chi connectivity index (χ0) is 20.9. The molecular formula is C20H24F3N5O. The van der Waals surface area contributed by atoms with Crippen molar-refractivity contribution in [3.63, 3.8) is 0 Å². The third kappa shape index (κ3) is 5.44. The van der Waals surface area contributed by atoms with Gasteiger partial charge in [-0.15, -0.1) is 0 Å².